The highest BCUT2D eigenvalue weighted by Crippen LogP contribution is 2.34. The van der Waals surface area contributed by atoms with Gasteiger partial charge in [0.25, 0.3) is 11.8 Å². The Labute approximate surface area is 219 Å². The Balaban J connectivity index is 1.66. The van der Waals surface area contributed by atoms with Gasteiger partial charge in [0.05, 0.1) is 16.8 Å². The Morgan fingerprint density at radius 1 is 1.05 bits per heavy atom. The Morgan fingerprint density at radius 2 is 1.79 bits per heavy atom. The van der Waals surface area contributed by atoms with Crippen LogP contribution in [0.3, 0.4) is 0 Å². The minimum absolute atomic E-state index is 0.0584. The molecule has 0 fully saturated rings. The molecule has 38 heavy (non-hydrogen) atoms. The molecular formula is C24H14ClF5N4O3S. The molecule has 0 spiro atoms. The number of aromatic nitrogens is 2. The van der Waals surface area contributed by atoms with Crippen LogP contribution in [0.25, 0.3) is 10.6 Å². The lowest BCUT2D eigenvalue weighted by atomic mass is 10.1. The second kappa shape index (κ2) is 10.7. The fourth-order valence-electron chi connectivity index (χ4n) is 3.29. The number of nitrogens with zero attached hydrogens (tertiary/aromatic N) is 2. The molecule has 14 heteroatoms. The quantitative estimate of drug-likeness (QED) is 0.246. The zero-order valence-electron chi connectivity index (χ0n) is 18.7. The van der Waals surface area contributed by atoms with Crippen molar-refractivity contribution in [3.05, 3.63) is 93.9 Å². The Bertz CT molecular complexity index is 1520. The molecule has 2 aromatic carbocycles. The number of hydrogen-bond donors (Lipinski definition) is 3. The molecule has 3 N–H and O–H groups in total. The number of carbonyl (C=O) groups is 2. The fourth-order valence-corrected chi connectivity index (χ4v) is 4.44. The fraction of sp³-hybridized carbons (Fsp3) is 0.0833. The number of pyridine rings is 1. The van der Waals surface area contributed by atoms with Crippen molar-refractivity contribution < 1.29 is 36.6 Å². The van der Waals surface area contributed by atoms with Crippen LogP contribution in [0.1, 0.15) is 32.0 Å². The summed E-state index contributed by atoms with van der Waals surface area (Å²) in [6, 6.07) is 7.42. The lowest BCUT2D eigenvalue weighted by Gasteiger charge is -2.13. The van der Waals surface area contributed by atoms with E-state index in [0.717, 1.165) is 35.7 Å². The number of hydrogen-bond acceptors (Lipinski definition) is 6. The van der Waals surface area contributed by atoms with Crippen LogP contribution in [0.15, 0.2) is 54.9 Å². The monoisotopic (exact) mass is 568 g/mol. The molecule has 0 unspecified atom stereocenters. The van der Waals surface area contributed by atoms with Crippen molar-refractivity contribution in [3.8, 4) is 16.3 Å². The van der Waals surface area contributed by atoms with E-state index in [-0.39, 0.29) is 26.7 Å². The number of thiazole rings is 1. The van der Waals surface area contributed by atoms with Crippen LogP contribution in [0.2, 0.25) is 5.02 Å². The van der Waals surface area contributed by atoms with E-state index in [9.17, 15) is 36.6 Å². The van der Waals surface area contributed by atoms with Gasteiger partial charge >= 0.3 is 6.18 Å². The number of phenolic OH excluding ortho intramolecular Hbond substituents is 1. The Kier molecular flexibility index (Phi) is 7.60. The van der Waals surface area contributed by atoms with Crippen LogP contribution in [0.5, 0.6) is 5.75 Å². The lowest BCUT2D eigenvalue weighted by Crippen LogP contribution is -2.26. The number of halogens is 6. The van der Waals surface area contributed by atoms with E-state index in [1.807, 2.05) is 0 Å². The number of benzene rings is 2. The van der Waals surface area contributed by atoms with Gasteiger partial charge in [0, 0.05) is 23.9 Å². The minimum atomic E-state index is -4.65. The van der Waals surface area contributed by atoms with Gasteiger partial charge in [0.1, 0.15) is 15.8 Å². The molecule has 4 aromatic rings. The zero-order valence-corrected chi connectivity index (χ0v) is 20.3. The van der Waals surface area contributed by atoms with Gasteiger partial charge in [-0.05, 0) is 29.8 Å². The van der Waals surface area contributed by atoms with E-state index in [1.165, 1.54) is 24.4 Å². The standard InChI is InChI=1S/C24H14ClF5N4O3S/c25-16-6-12(7-17(27)19(16)35)20(36)34-23-18(33-22(38-23)13-5-14(26)10-31-8-13)21(37)32-9-11-3-1-2-4-15(11)24(28,29)30/h1-8,10,35H,9H2,(H,32,37)(H,34,36). The van der Waals surface area contributed by atoms with Crippen LogP contribution < -0.4 is 10.6 Å². The highest BCUT2D eigenvalue weighted by molar-refractivity contribution is 7.19. The molecule has 196 valence electrons. The molecule has 0 saturated heterocycles. The van der Waals surface area contributed by atoms with Crippen molar-refractivity contribution in [1.82, 2.24) is 15.3 Å². The van der Waals surface area contributed by atoms with Crippen molar-refractivity contribution >= 4 is 39.8 Å². The summed E-state index contributed by atoms with van der Waals surface area (Å²) >= 11 is 6.47. The molecule has 0 aliphatic rings. The molecule has 0 radical (unpaired) electrons. The third kappa shape index (κ3) is 5.89. The molecule has 4 rings (SSSR count). The van der Waals surface area contributed by atoms with Gasteiger partial charge in [-0.15, -0.1) is 0 Å². The molecular weight excluding hydrogens is 555 g/mol. The maximum Gasteiger partial charge on any atom is 0.416 e. The number of rotatable bonds is 6. The zero-order chi connectivity index (χ0) is 27.6. The van der Waals surface area contributed by atoms with E-state index in [2.05, 4.69) is 20.6 Å². The summed E-state index contributed by atoms with van der Waals surface area (Å²) in [4.78, 5) is 33.6. The molecule has 2 aromatic heterocycles. The largest absolute Gasteiger partial charge is 0.504 e. The van der Waals surface area contributed by atoms with Gasteiger partial charge in [-0.25, -0.2) is 13.8 Å². The highest BCUT2D eigenvalue weighted by atomic mass is 35.5. The summed E-state index contributed by atoms with van der Waals surface area (Å²) in [5.41, 5.74) is -1.69. The molecule has 2 heterocycles. The average molecular weight is 569 g/mol. The van der Waals surface area contributed by atoms with E-state index in [4.69, 9.17) is 11.6 Å². The number of nitrogens with one attached hydrogen (secondary N) is 2. The summed E-state index contributed by atoms with van der Waals surface area (Å²) in [5, 5.41) is 13.7. The number of anilines is 1. The number of amides is 2. The Hall–Kier alpha value is -4.10. The first-order valence-corrected chi connectivity index (χ1v) is 11.7. The van der Waals surface area contributed by atoms with E-state index in [1.54, 1.807) is 0 Å². The van der Waals surface area contributed by atoms with Crippen LogP contribution in [-0.4, -0.2) is 26.9 Å². The molecule has 0 bridgehead atoms. The van der Waals surface area contributed by atoms with Crippen molar-refractivity contribution in [3.63, 3.8) is 0 Å². The van der Waals surface area contributed by atoms with Gasteiger partial charge in [0.2, 0.25) is 0 Å². The van der Waals surface area contributed by atoms with E-state index in [0.29, 0.717) is 6.07 Å². The van der Waals surface area contributed by atoms with Crippen molar-refractivity contribution in [2.45, 2.75) is 12.7 Å². The van der Waals surface area contributed by atoms with E-state index >= 15 is 0 Å². The summed E-state index contributed by atoms with van der Waals surface area (Å²) in [7, 11) is 0. The molecule has 0 aliphatic heterocycles. The molecule has 2 amide bonds. The van der Waals surface area contributed by atoms with Crippen molar-refractivity contribution in [2.75, 3.05) is 5.32 Å². The predicted molar refractivity (Wildman–Crippen MR) is 129 cm³/mol. The van der Waals surface area contributed by atoms with Gasteiger partial charge in [0.15, 0.2) is 17.3 Å². The summed E-state index contributed by atoms with van der Waals surface area (Å²) in [6.07, 6.45) is -2.46. The maximum atomic E-state index is 13.9. The number of phenols is 1. The second-order valence-electron chi connectivity index (χ2n) is 7.67. The summed E-state index contributed by atoms with van der Waals surface area (Å²) in [6.45, 7) is -0.519. The molecule has 0 atom stereocenters. The van der Waals surface area contributed by atoms with Gasteiger partial charge in [-0.3, -0.25) is 14.6 Å². The second-order valence-corrected chi connectivity index (χ2v) is 9.08. The van der Waals surface area contributed by atoms with Crippen molar-refractivity contribution in [1.29, 1.82) is 0 Å². The normalized spacial score (nSPS) is 11.3. The van der Waals surface area contributed by atoms with Gasteiger partial charge in [-0.2, -0.15) is 13.2 Å². The maximum absolute atomic E-state index is 13.9. The number of carbonyl (C=O) groups excluding carboxylic acids is 2. The number of alkyl halides is 3. The third-order valence-corrected chi connectivity index (χ3v) is 6.37. The molecule has 0 saturated carbocycles. The predicted octanol–water partition coefficient (Wildman–Crippen LogP) is 6.04. The molecule has 7 nitrogen and oxygen atoms in total. The van der Waals surface area contributed by atoms with Crippen LogP contribution >= 0.6 is 22.9 Å². The number of aromatic hydroxyl groups is 1. The highest BCUT2D eigenvalue weighted by Gasteiger charge is 2.33. The van der Waals surface area contributed by atoms with Gasteiger partial charge < -0.3 is 15.7 Å². The minimum Gasteiger partial charge on any atom is -0.504 e. The summed E-state index contributed by atoms with van der Waals surface area (Å²) in [5.74, 6) is -4.61. The topological polar surface area (TPSA) is 104 Å². The smallest absolute Gasteiger partial charge is 0.416 e. The first kappa shape index (κ1) is 26.9. The lowest BCUT2D eigenvalue weighted by molar-refractivity contribution is -0.138. The Morgan fingerprint density at radius 3 is 2.47 bits per heavy atom. The van der Waals surface area contributed by atoms with Crippen molar-refractivity contribution in [2.24, 2.45) is 0 Å². The summed E-state index contributed by atoms with van der Waals surface area (Å²) < 4.78 is 67.5. The van der Waals surface area contributed by atoms with Crippen LogP contribution in [0.4, 0.5) is 27.0 Å². The SMILES string of the molecule is O=C(Nc1sc(-c2cncc(F)c2)nc1C(=O)NCc1ccccc1C(F)(F)F)c1cc(F)c(O)c(Cl)c1. The first-order valence-electron chi connectivity index (χ1n) is 10.5. The van der Waals surface area contributed by atoms with Crippen LogP contribution in [-0.2, 0) is 12.7 Å². The van der Waals surface area contributed by atoms with Crippen LogP contribution in [0, 0.1) is 11.6 Å². The first-order chi connectivity index (χ1) is 17.9. The van der Waals surface area contributed by atoms with E-state index < -0.39 is 58.2 Å². The average Bonchev–Trinajstić information content (AvgIpc) is 3.29. The van der Waals surface area contributed by atoms with Gasteiger partial charge in [-0.1, -0.05) is 41.1 Å². The molecule has 0 aliphatic carbocycles. The third-order valence-electron chi connectivity index (χ3n) is 5.06.